The average Bonchev–Trinajstić information content (AvgIpc) is 3.45. The first-order chi connectivity index (χ1) is 18.4. The summed E-state index contributed by atoms with van der Waals surface area (Å²) in [4.78, 5) is 15.1. The SMILES string of the molecule is COCCN(CC(=O)N(CCc1ccc(OC)c(OC)c1)Cc1ccco1)S(=O)(=O)C=Cc1ccccc1. The fraction of sp³-hybridized carbons (Fsp3) is 0.321. The Balaban J connectivity index is 1.78. The largest absolute Gasteiger partial charge is 0.493 e. The molecule has 3 aromatic rings. The van der Waals surface area contributed by atoms with Gasteiger partial charge in [-0.3, -0.25) is 4.79 Å². The fourth-order valence-electron chi connectivity index (χ4n) is 3.74. The predicted molar refractivity (Wildman–Crippen MR) is 145 cm³/mol. The number of carbonyl (C=O) groups is 1. The number of furan rings is 1. The number of nitrogens with zero attached hydrogens (tertiary/aromatic N) is 2. The van der Waals surface area contributed by atoms with Crippen LogP contribution in [0.15, 0.2) is 76.8 Å². The van der Waals surface area contributed by atoms with Gasteiger partial charge in [-0.15, -0.1) is 0 Å². The molecule has 3 rings (SSSR count). The highest BCUT2D eigenvalue weighted by Crippen LogP contribution is 2.27. The van der Waals surface area contributed by atoms with Crippen molar-refractivity contribution in [1.29, 1.82) is 0 Å². The van der Waals surface area contributed by atoms with Crippen molar-refractivity contribution in [3.63, 3.8) is 0 Å². The highest BCUT2D eigenvalue weighted by Gasteiger charge is 2.25. The van der Waals surface area contributed by atoms with Gasteiger partial charge < -0.3 is 23.5 Å². The van der Waals surface area contributed by atoms with Crippen LogP contribution >= 0.6 is 0 Å². The first kappa shape index (κ1) is 29.0. The summed E-state index contributed by atoms with van der Waals surface area (Å²) in [5.41, 5.74) is 1.68. The molecular formula is C28H34N2O7S. The van der Waals surface area contributed by atoms with E-state index in [1.165, 1.54) is 19.4 Å². The fourth-order valence-corrected chi connectivity index (χ4v) is 4.86. The minimum Gasteiger partial charge on any atom is -0.493 e. The van der Waals surface area contributed by atoms with Gasteiger partial charge in [0.25, 0.3) is 0 Å². The van der Waals surface area contributed by atoms with Crippen molar-refractivity contribution in [2.24, 2.45) is 0 Å². The molecule has 38 heavy (non-hydrogen) atoms. The lowest BCUT2D eigenvalue weighted by Gasteiger charge is -2.26. The highest BCUT2D eigenvalue weighted by molar-refractivity contribution is 7.92. The molecule has 9 nitrogen and oxygen atoms in total. The molecule has 0 N–H and O–H groups in total. The van der Waals surface area contributed by atoms with E-state index in [4.69, 9.17) is 18.6 Å². The monoisotopic (exact) mass is 542 g/mol. The number of amides is 1. The van der Waals surface area contributed by atoms with Gasteiger partial charge in [-0.05, 0) is 47.9 Å². The lowest BCUT2D eigenvalue weighted by Crippen LogP contribution is -2.43. The van der Waals surface area contributed by atoms with Crippen molar-refractivity contribution in [3.05, 3.63) is 89.2 Å². The minimum absolute atomic E-state index is 0.0357. The van der Waals surface area contributed by atoms with Crippen LogP contribution in [0, 0.1) is 0 Å². The van der Waals surface area contributed by atoms with Crippen molar-refractivity contribution >= 4 is 22.0 Å². The summed E-state index contributed by atoms with van der Waals surface area (Å²) < 4.78 is 48.7. The van der Waals surface area contributed by atoms with Crippen LogP contribution in [-0.2, 0) is 32.5 Å². The van der Waals surface area contributed by atoms with Gasteiger partial charge in [0.15, 0.2) is 11.5 Å². The summed E-state index contributed by atoms with van der Waals surface area (Å²) in [6.07, 6.45) is 3.57. The Morgan fingerprint density at radius 1 is 0.947 bits per heavy atom. The maximum Gasteiger partial charge on any atom is 0.238 e. The van der Waals surface area contributed by atoms with Crippen molar-refractivity contribution in [1.82, 2.24) is 9.21 Å². The van der Waals surface area contributed by atoms with Crippen LogP contribution in [0.25, 0.3) is 6.08 Å². The number of hydrogen-bond donors (Lipinski definition) is 0. The number of hydrogen-bond acceptors (Lipinski definition) is 7. The van der Waals surface area contributed by atoms with Gasteiger partial charge in [0.05, 0.1) is 40.2 Å². The Morgan fingerprint density at radius 3 is 2.37 bits per heavy atom. The Bertz CT molecular complexity index is 1280. The molecule has 10 heteroatoms. The Labute approximate surface area is 224 Å². The van der Waals surface area contributed by atoms with E-state index < -0.39 is 10.0 Å². The quantitative estimate of drug-likeness (QED) is 0.288. The molecule has 2 aromatic carbocycles. The Kier molecular flexibility index (Phi) is 11.0. The molecule has 204 valence electrons. The number of carbonyl (C=O) groups excluding carboxylic acids is 1. The molecule has 0 fully saturated rings. The highest BCUT2D eigenvalue weighted by atomic mass is 32.2. The van der Waals surface area contributed by atoms with Crippen LogP contribution in [0.2, 0.25) is 0 Å². The van der Waals surface area contributed by atoms with Crippen LogP contribution in [0.1, 0.15) is 16.9 Å². The second-order valence-corrected chi connectivity index (χ2v) is 10.2. The second-order valence-electron chi connectivity index (χ2n) is 8.42. The molecule has 0 saturated carbocycles. The zero-order valence-corrected chi connectivity index (χ0v) is 22.7. The Morgan fingerprint density at radius 2 is 1.71 bits per heavy atom. The normalized spacial score (nSPS) is 11.7. The van der Waals surface area contributed by atoms with E-state index in [1.807, 2.05) is 36.4 Å². The van der Waals surface area contributed by atoms with E-state index in [1.54, 1.807) is 43.4 Å². The molecule has 0 spiro atoms. The maximum atomic E-state index is 13.5. The van der Waals surface area contributed by atoms with Crippen molar-refractivity contribution in [3.8, 4) is 11.5 Å². The van der Waals surface area contributed by atoms with Crippen LogP contribution in [0.3, 0.4) is 0 Å². The van der Waals surface area contributed by atoms with Gasteiger partial charge in [-0.1, -0.05) is 36.4 Å². The third kappa shape index (κ3) is 8.47. The van der Waals surface area contributed by atoms with Gasteiger partial charge in [0, 0.05) is 25.6 Å². The molecule has 1 amide bonds. The smallest absolute Gasteiger partial charge is 0.238 e. The lowest BCUT2D eigenvalue weighted by molar-refractivity contribution is -0.132. The molecule has 1 heterocycles. The number of rotatable bonds is 15. The summed E-state index contributed by atoms with van der Waals surface area (Å²) >= 11 is 0. The second kappa shape index (κ2) is 14.4. The molecule has 0 aliphatic heterocycles. The summed E-state index contributed by atoms with van der Waals surface area (Å²) in [7, 11) is 0.723. The first-order valence-corrected chi connectivity index (χ1v) is 13.6. The van der Waals surface area contributed by atoms with Gasteiger partial charge in [-0.25, -0.2) is 8.42 Å². The van der Waals surface area contributed by atoms with Crippen molar-refractivity contribution in [2.75, 3.05) is 47.6 Å². The summed E-state index contributed by atoms with van der Waals surface area (Å²) in [6, 6.07) is 18.2. The molecule has 1 aromatic heterocycles. The van der Waals surface area contributed by atoms with Crippen LogP contribution in [0.5, 0.6) is 11.5 Å². The van der Waals surface area contributed by atoms with Gasteiger partial charge in [-0.2, -0.15) is 4.31 Å². The standard InChI is InChI=1S/C28H34N2O7S/c1-34-18-16-30(38(32,33)19-14-23-8-5-4-6-9-23)22-28(31)29(21-25-10-7-17-37-25)15-13-24-11-12-26(35-2)27(20-24)36-3/h4-12,14,17,19-20H,13,15-16,18,21-22H2,1-3H3. The molecule has 0 atom stereocenters. The number of methoxy groups -OCH3 is 3. The summed E-state index contributed by atoms with van der Waals surface area (Å²) in [5.74, 6) is 1.45. The van der Waals surface area contributed by atoms with Crippen LogP contribution in [0.4, 0.5) is 0 Å². The van der Waals surface area contributed by atoms with E-state index in [0.717, 1.165) is 20.8 Å². The third-order valence-electron chi connectivity index (χ3n) is 5.85. The molecular weight excluding hydrogens is 508 g/mol. The maximum absolute atomic E-state index is 13.5. The molecule has 0 unspecified atom stereocenters. The van der Waals surface area contributed by atoms with E-state index in [0.29, 0.717) is 30.2 Å². The zero-order chi connectivity index (χ0) is 27.4. The number of ether oxygens (including phenoxy) is 3. The topological polar surface area (TPSA) is 98.5 Å². The molecule has 0 aliphatic rings. The number of sulfonamides is 1. The van der Waals surface area contributed by atoms with E-state index in [9.17, 15) is 13.2 Å². The zero-order valence-electron chi connectivity index (χ0n) is 21.9. The van der Waals surface area contributed by atoms with Crippen molar-refractivity contribution in [2.45, 2.75) is 13.0 Å². The third-order valence-corrected chi connectivity index (χ3v) is 7.36. The van der Waals surface area contributed by atoms with E-state index >= 15 is 0 Å². The average molecular weight is 543 g/mol. The summed E-state index contributed by atoms with van der Waals surface area (Å²) in [5, 5.41) is 1.12. The van der Waals surface area contributed by atoms with Gasteiger partial charge >= 0.3 is 0 Å². The molecule has 0 bridgehead atoms. The molecule has 0 radical (unpaired) electrons. The van der Waals surface area contributed by atoms with E-state index in [2.05, 4.69) is 0 Å². The van der Waals surface area contributed by atoms with E-state index in [-0.39, 0.29) is 32.1 Å². The Hall–Kier alpha value is -3.60. The summed E-state index contributed by atoms with van der Waals surface area (Å²) in [6.45, 7) is 0.394. The van der Waals surface area contributed by atoms with Crippen LogP contribution in [-0.4, -0.2) is 71.1 Å². The first-order valence-electron chi connectivity index (χ1n) is 12.1. The lowest BCUT2D eigenvalue weighted by atomic mass is 10.1. The molecule has 0 aliphatic carbocycles. The molecule has 0 saturated heterocycles. The number of benzene rings is 2. The van der Waals surface area contributed by atoms with Gasteiger partial charge in [0.2, 0.25) is 15.9 Å². The minimum atomic E-state index is -3.90. The van der Waals surface area contributed by atoms with Crippen LogP contribution < -0.4 is 9.47 Å². The van der Waals surface area contributed by atoms with Gasteiger partial charge in [0.1, 0.15) is 5.76 Å². The van der Waals surface area contributed by atoms with Crippen molar-refractivity contribution < 1.29 is 31.8 Å². The predicted octanol–water partition coefficient (Wildman–Crippen LogP) is 3.82.